The number of rotatable bonds is 5. The van der Waals surface area contributed by atoms with Crippen molar-refractivity contribution >= 4 is 5.78 Å². The number of Topliss-reactive ketones (excluding diaryl/α,β-unsaturated/α-hetero) is 1. The molecule has 0 N–H and O–H groups in total. The monoisotopic (exact) mass is 245 g/mol. The third-order valence-corrected chi connectivity index (χ3v) is 3.28. The van der Waals surface area contributed by atoms with Gasteiger partial charge in [0.25, 0.3) is 0 Å². The lowest BCUT2D eigenvalue weighted by atomic mass is 9.80. The van der Waals surface area contributed by atoms with E-state index in [9.17, 15) is 4.79 Å². The SMILES string of the molecule is C[CH]CCCc1c(C(C)=O)cccc1C(C)(C)C. The molecule has 0 bridgehead atoms. The van der Waals surface area contributed by atoms with Crippen molar-refractivity contribution in [1.82, 2.24) is 0 Å². The van der Waals surface area contributed by atoms with Crippen LogP contribution in [0.4, 0.5) is 0 Å². The fourth-order valence-corrected chi connectivity index (χ4v) is 2.37. The second-order valence-electron chi connectivity index (χ2n) is 5.94. The van der Waals surface area contributed by atoms with Crippen LogP contribution in [0.1, 0.15) is 68.9 Å². The molecule has 0 heterocycles. The van der Waals surface area contributed by atoms with Crippen LogP contribution >= 0.6 is 0 Å². The van der Waals surface area contributed by atoms with Crippen LogP contribution in [0.15, 0.2) is 18.2 Å². The minimum atomic E-state index is 0.0940. The van der Waals surface area contributed by atoms with Gasteiger partial charge in [0.1, 0.15) is 0 Å². The van der Waals surface area contributed by atoms with Gasteiger partial charge < -0.3 is 0 Å². The average Bonchev–Trinajstić information content (AvgIpc) is 2.27. The molecule has 0 aliphatic rings. The molecule has 1 nitrogen and oxygen atoms in total. The Labute approximate surface area is 112 Å². The summed E-state index contributed by atoms with van der Waals surface area (Å²) in [6.45, 7) is 10.4. The first-order chi connectivity index (χ1) is 8.38. The number of carbonyl (C=O) groups is 1. The Morgan fingerprint density at radius 3 is 2.44 bits per heavy atom. The molecule has 0 saturated heterocycles. The van der Waals surface area contributed by atoms with E-state index in [-0.39, 0.29) is 11.2 Å². The molecular weight excluding hydrogens is 220 g/mol. The third kappa shape index (κ3) is 3.69. The number of carbonyl (C=O) groups excluding carboxylic acids is 1. The summed E-state index contributed by atoms with van der Waals surface area (Å²) < 4.78 is 0. The average molecular weight is 245 g/mol. The Hall–Kier alpha value is -1.11. The van der Waals surface area contributed by atoms with Gasteiger partial charge in [0, 0.05) is 5.56 Å². The highest BCUT2D eigenvalue weighted by molar-refractivity contribution is 5.96. The Morgan fingerprint density at radius 1 is 1.28 bits per heavy atom. The first-order valence-corrected chi connectivity index (χ1v) is 6.79. The van der Waals surface area contributed by atoms with Crippen molar-refractivity contribution in [1.29, 1.82) is 0 Å². The van der Waals surface area contributed by atoms with Crippen molar-refractivity contribution < 1.29 is 4.79 Å². The highest BCUT2D eigenvalue weighted by Gasteiger charge is 2.20. The largest absolute Gasteiger partial charge is 0.295 e. The minimum absolute atomic E-state index is 0.0940. The second-order valence-corrected chi connectivity index (χ2v) is 5.94. The summed E-state index contributed by atoms with van der Waals surface area (Å²) in [4.78, 5) is 11.8. The van der Waals surface area contributed by atoms with Gasteiger partial charge in [0.05, 0.1) is 0 Å². The molecule has 0 unspecified atom stereocenters. The molecule has 1 radical (unpaired) electrons. The third-order valence-electron chi connectivity index (χ3n) is 3.28. The number of hydrogen-bond acceptors (Lipinski definition) is 1. The number of ketones is 1. The summed E-state index contributed by atoms with van der Waals surface area (Å²) in [7, 11) is 0. The predicted octanol–water partition coefficient (Wildman–Crippen LogP) is 4.73. The Morgan fingerprint density at radius 2 is 1.94 bits per heavy atom. The lowest BCUT2D eigenvalue weighted by Gasteiger charge is -2.24. The molecule has 0 aliphatic heterocycles. The van der Waals surface area contributed by atoms with E-state index in [0.717, 1.165) is 24.8 Å². The number of benzene rings is 1. The highest BCUT2D eigenvalue weighted by atomic mass is 16.1. The fraction of sp³-hybridized carbons (Fsp3) is 0.529. The smallest absolute Gasteiger partial charge is 0.160 e. The van der Waals surface area contributed by atoms with E-state index in [2.05, 4.69) is 40.2 Å². The van der Waals surface area contributed by atoms with Crippen LogP contribution in [0.5, 0.6) is 0 Å². The zero-order chi connectivity index (χ0) is 13.8. The van der Waals surface area contributed by atoms with E-state index in [4.69, 9.17) is 0 Å². The minimum Gasteiger partial charge on any atom is -0.295 e. The number of hydrogen-bond donors (Lipinski definition) is 0. The summed E-state index contributed by atoms with van der Waals surface area (Å²) in [6.07, 6.45) is 5.40. The van der Waals surface area contributed by atoms with E-state index in [1.54, 1.807) is 6.92 Å². The molecule has 18 heavy (non-hydrogen) atoms. The standard InChI is InChI=1S/C17H25O/c1-6-7-8-10-15-14(13(2)18)11-9-12-16(15)17(3,4)5/h6,9,11-12H,7-8,10H2,1-5H3. The molecule has 1 aromatic rings. The van der Waals surface area contributed by atoms with E-state index in [1.165, 1.54) is 11.1 Å². The van der Waals surface area contributed by atoms with Crippen molar-refractivity contribution in [3.05, 3.63) is 41.3 Å². The van der Waals surface area contributed by atoms with E-state index < -0.39 is 0 Å². The van der Waals surface area contributed by atoms with Crippen LogP contribution in [0.2, 0.25) is 0 Å². The van der Waals surface area contributed by atoms with Gasteiger partial charge in [0.15, 0.2) is 5.78 Å². The molecule has 0 amide bonds. The highest BCUT2D eigenvalue weighted by Crippen LogP contribution is 2.29. The Bertz CT molecular complexity index is 410. The van der Waals surface area contributed by atoms with Crippen molar-refractivity contribution in [2.45, 2.75) is 59.3 Å². The van der Waals surface area contributed by atoms with Gasteiger partial charge in [-0.05, 0) is 42.7 Å². The van der Waals surface area contributed by atoms with Gasteiger partial charge >= 0.3 is 0 Å². The lowest BCUT2D eigenvalue weighted by molar-refractivity contribution is 0.101. The van der Waals surface area contributed by atoms with Crippen LogP contribution in [0, 0.1) is 6.42 Å². The summed E-state index contributed by atoms with van der Waals surface area (Å²) in [5, 5.41) is 0. The van der Waals surface area contributed by atoms with E-state index in [0.29, 0.717) is 0 Å². The molecule has 0 aromatic heterocycles. The molecular formula is C17H25O. The normalized spacial score (nSPS) is 11.6. The van der Waals surface area contributed by atoms with Crippen LogP contribution in [0.3, 0.4) is 0 Å². The van der Waals surface area contributed by atoms with Gasteiger partial charge in [-0.2, -0.15) is 0 Å². The second kappa shape index (κ2) is 6.17. The fourth-order valence-electron chi connectivity index (χ4n) is 2.37. The maximum absolute atomic E-state index is 11.8. The molecule has 1 heteroatoms. The van der Waals surface area contributed by atoms with Gasteiger partial charge in [-0.1, -0.05) is 52.3 Å². The molecule has 0 saturated carbocycles. The summed E-state index contributed by atoms with van der Waals surface area (Å²) in [6, 6.07) is 6.13. The first kappa shape index (κ1) is 14.9. The molecule has 99 valence electrons. The quantitative estimate of drug-likeness (QED) is 0.541. The van der Waals surface area contributed by atoms with Crippen LogP contribution in [-0.2, 0) is 11.8 Å². The summed E-state index contributed by atoms with van der Waals surface area (Å²) >= 11 is 0. The summed E-state index contributed by atoms with van der Waals surface area (Å²) in [5.74, 6) is 0.177. The Kier molecular flexibility index (Phi) is 5.13. The zero-order valence-electron chi connectivity index (χ0n) is 12.3. The molecule has 1 aromatic carbocycles. The van der Waals surface area contributed by atoms with Gasteiger partial charge in [-0.15, -0.1) is 0 Å². The first-order valence-electron chi connectivity index (χ1n) is 6.79. The van der Waals surface area contributed by atoms with E-state index in [1.807, 2.05) is 12.1 Å². The molecule has 0 aliphatic carbocycles. The van der Waals surface area contributed by atoms with Crippen LogP contribution in [-0.4, -0.2) is 5.78 Å². The van der Waals surface area contributed by atoms with Crippen molar-refractivity contribution in [3.63, 3.8) is 0 Å². The summed E-state index contributed by atoms with van der Waals surface area (Å²) in [5.41, 5.74) is 3.56. The van der Waals surface area contributed by atoms with Crippen molar-refractivity contribution in [2.24, 2.45) is 0 Å². The lowest BCUT2D eigenvalue weighted by Crippen LogP contribution is -2.16. The predicted molar refractivity (Wildman–Crippen MR) is 78.1 cm³/mol. The van der Waals surface area contributed by atoms with Crippen LogP contribution < -0.4 is 0 Å². The van der Waals surface area contributed by atoms with Gasteiger partial charge in [0.2, 0.25) is 0 Å². The van der Waals surface area contributed by atoms with Crippen LogP contribution in [0.25, 0.3) is 0 Å². The molecule has 0 atom stereocenters. The Balaban J connectivity index is 3.17. The van der Waals surface area contributed by atoms with Crippen molar-refractivity contribution in [2.75, 3.05) is 0 Å². The topological polar surface area (TPSA) is 17.1 Å². The van der Waals surface area contributed by atoms with Crippen molar-refractivity contribution in [3.8, 4) is 0 Å². The zero-order valence-corrected chi connectivity index (χ0v) is 12.3. The molecule has 0 spiro atoms. The molecule has 1 rings (SSSR count). The van der Waals surface area contributed by atoms with Gasteiger partial charge in [-0.25, -0.2) is 0 Å². The van der Waals surface area contributed by atoms with E-state index >= 15 is 0 Å². The maximum atomic E-state index is 11.8. The molecule has 0 fully saturated rings. The number of unbranched alkanes of at least 4 members (excludes halogenated alkanes) is 2. The van der Waals surface area contributed by atoms with Gasteiger partial charge in [-0.3, -0.25) is 4.79 Å². The maximum Gasteiger partial charge on any atom is 0.160 e.